The summed E-state index contributed by atoms with van der Waals surface area (Å²) < 4.78 is 18.8. The minimum Gasteiger partial charge on any atom is -0.489 e. The van der Waals surface area contributed by atoms with Crippen molar-refractivity contribution in [1.82, 2.24) is 4.90 Å². The molecule has 1 aliphatic carbocycles. The molecule has 4 heteroatoms. The first kappa shape index (κ1) is 24.1. The average Bonchev–Trinajstić information content (AvgIpc) is 3.22. The lowest BCUT2D eigenvalue weighted by Crippen LogP contribution is -2.26. The van der Waals surface area contributed by atoms with Crippen LogP contribution in [0.2, 0.25) is 5.02 Å². The molecule has 0 saturated carbocycles. The highest BCUT2D eigenvalue weighted by Gasteiger charge is 2.24. The first-order valence-electron chi connectivity index (χ1n) is 12.8. The standard InChI is InChI=1S/C31H33ClFNO/c1-22-10-15-28(30(32)20-22)29-9-4-7-23-6-2-3-8-27(23)31(29)24-11-13-25(14-12-24)35-26-16-19-34(21-26)18-5-17-33/h2-3,6,8,10-15,20,26H,4-5,7,9,16-19,21H2,1H3/t26-/m0/s1. The molecule has 1 atom stereocenters. The van der Waals surface area contributed by atoms with Crippen LogP contribution in [0.15, 0.2) is 66.7 Å². The maximum Gasteiger partial charge on any atom is 0.119 e. The molecule has 2 nitrogen and oxygen atoms in total. The third kappa shape index (κ3) is 5.47. The van der Waals surface area contributed by atoms with Crippen LogP contribution in [0.4, 0.5) is 4.39 Å². The number of rotatable bonds is 7. The highest BCUT2D eigenvalue weighted by Crippen LogP contribution is 2.42. The first-order valence-corrected chi connectivity index (χ1v) is 13.1. The second kappa shape index (κ2) is 11.0. The van der Waals surface area contributed by atoms with Gasteiger partial charge in [-0.25, -0.2) is 0 Å². The fourth-order valence-corrected chi connectivity index (χ4v) is 5.81. The quantitative estimate of drug-likeness (QED) is 0.336. The molecule has 0 spiro atoms. The van der Waals surface area contributed by atoms with Crippen LogP contribution in [0.5, 0.6) is 5.75 Å². The Bertz CT molecular complexity index is 1200. The zero-order valence-electron chi connectivity index (χ0n) is 20.4. The van der Waals surface area contributed by atoms with Gasteiger partial charge in [0.25, 0.3) is 0 Å². The molecule has 1 heterocycles. The van der Waals surface area contributed by atoms with E-state index >= 15 is 0 Å². The molecule has 0 amide bonds. The number of nitrogens with zero attached hydrogens (tertiary/aromatic N) is 1. The van der Waals surface area contributed by atoms with Crippen molar-refractivity contribution >= 4 is 22.7 Å². The Morgan fingerprint density at radius 1 is 1.00 bits per heavy atom. The Morgan fingerprint density at radius 3 is 2.63 bits per heavy atom. The Hall–Kier alpha value is -2.62. The predicted molar refractivity (Wildman–Crippen MR) is 144 cm³/mol. The van der Waals surface area contributed by atoms with Crippen LogP contribution in [-0.4, -0.2) is 37.3 Å². The van der Waals surface area contributed by atoms with Crippen molar-refractivity contribution in [3.8, 4) is 5.75 Å². The van der Waals surface area contributed by atoms with Crippen LogP contribution < -0.4 is 4.74 Å². The summed E-state index contributed by atoms with van der Waals surface area (Å²) in [6.45, 7) is 4.49. The van der Waals surface area contributed by atoms with Crippen LogP contribution >= 0.6 is 11.6 Å². The summed E-state index contributed by atoms with van der Waals surface area (Å²) in [5.41, 5.74) is 8.76. The number of hydrogen-bond acceptors (Lipinski definition) is 2. The Kier molecular flexibility index (Phi) is 7.55. The molecule has 2 aliphatic rings. The minimum atomic E-state index is -0.252. The summed E-state index contributed by atoms with van der Waals surface area (Å²) in [7, 11) is 0. The third-order valence-electron chi connectivity index (χ3n) is 7.19. The molecular weight excluding hydrogens is 457 g/mol. The van der Waals surface area contributed by atoms with Crippen molar-refractivity contribution in [1.29, 1.82) is 0 Å². The van der Waals surface area contributed by atoms with Crippen molar-refractivity contribution in [3.63, 3.8) is 0 Å². The molecule has 35 heavy (non-hydrogen) atoms. The smallest absolute Gasteiger partial charge is 0.119 e. The van der Waals surface area contributed by atoms with E-state index in [1.54, 1.807) is 0 Å². The van der Waals surface area contributed by atoms with Crippen molar-refractivity contribution < 1.29 is 9.13 Å². The first-order chi connectivity index (χ1) is 17.1. The van der Waals surface area contributed by atoms with Gasteiger partial charge in [-0.2, -0.15) is 0 Å². The maximum atomic E-state index is 12.5. The fraction of sp³-hybridized carbons (Fsp3) is 0.355. The lowest BCUT2D eigenvalue weighted by atomic mass is 9.87. The largest absolute Gasteiger partial charge is 0.489 e. The van der Waals surface area contributed by atoms with Gasteiger partial charge in [0.15, 0.2) is 0 Å². The predicted octanol–water partition coefficient (Wildman–Crippen LogP) is 7.76. The molecule has 3 aromatic rings. The summed E-state index contributed by atoms with van der Waals surface area (Å²) in [4.78, 5) is 2.30. The maximum absolute atomic E-state index is 12.5. The van der Waals surface area contributed by atoms with E-state index in [2.05, 4.69) is 78.6 Å². The average molecular weight is 490 g/mol. The topological polar surface area (TPSA) is 12.5 Å². The molecule has 1 fully saturated rings. The van der Waals surface area contributed by atoms with Crippen LogP contribution in [-0.2, 0) is 6.42 Å². The normalized spacial score (nSPS) is 18.4. The van der Waals surface area contributed by atoms with Gasteiger partial charge in [0.05, 0.1) is 6.67 Å². The highest BCUT2D eigenvalue weighted by molar-refractivity contribution is 6.32. The van der Waals surface area contributed by atoms with Crippen molar-refractivity contribution in [3.05, 3.63) is 99.6 Å². The zero-order chi connectivity index (χ0) is 24.2. The van der Waals surface area contributed by atoms with Crippen molar-refractivity contribution in [2.75, 3.05) is 26.3 Å². The monoisotopic (exact) mass is 489 g/mol. The lowest BCUT2D eigenvalue weighted by molar-refractivity contribution is 0.198. The van der Waals surface area contributed by atoms with Crippen LogP contribution in [0, 0.1) is 6.92 Å². The summed E-state index contributed by atoms with van der Waals surface area (Å²) in [6.07, 6.45) is 4.91. The molecular formula is C31H33ClFNO. The Labute approximate surface area is 213 Å². The number of allylic oxidation sites excluding steroid dienone is 1. The van der Waals surface area contributed by atoms with Gasteiger partial charge < -0.3 is 4.74 Å². The Balaban J connectivity index is 1.47. The second-order valence-electron chi connectivity index (χ2n) is 9.74. The molecule has 5 rings (SSSR count). The Morgan fingerprint density at radius 2 is 1.83 bits per heavy atom. The van der Waals surface area contributed by atoms with Gasteiger partial charge in [-0.05, 0) is 96.2 Å². The second-order valence-corrected chi connectivity index (χ2v) is 10.2. The number of alkyl halides is 1. The molecule has 0 radical (unpaired) electrons. The summed E-state index contributed by atoms with van der Waals surface area (Å²) in [5.74, 6) is 0.892. The molecule has 3 aromatic carbocycles. The number of fused-ring (bicyclic) bond motifs is 1. The van der Waals surface area contributed by atoms with Gasteiger partial charge in [0, 0.05) is 24.7 Å². The number of ether oxygens (including phenoxy) is 1. The van der Waals surface area contributed by atoms with Crippen LogP contribution in [0.25, 0.3) is 11.1 Å². The van der Waals surface area contributed by atoms with Crippen LogP contribution in [0.3, 0.4) is 0 Å². The van der Waals surface area contributed by atoms with E-state index in [1.807, 2.05) is 0 Å². The molecule has 0 aromatic heterocycles. The SMILES string of the molecule is Cc1ccc(C2=C(c3ccc(O[C@H]4CCN(CCCF)C4)cc3)c3ccccc3CCC2)c(Cl)c1. The van der Waals surface area contributed by atoms with Gasteiger partial charge >= 0.3 is 0 Å². The van der Waals surface area contributed by atoms with Gasteiger partial charge in [0.2, 0.25) is 0 Å². The molecule has 0 N–H and O–H groups in total. The number of benzene rings is 3. The van der Waals surface area contributed by atoms with Gasteiger partial charge in [-0.15, -0.1) is 0 Å². The van der Waals surface area contributed by atoms with E-state index in [4.69, 9.17) is 16.3 Å². The van der Waals surface area contributed by atoms with E-state index in [1.165, 1.54) is 33.4 Å². The van der Waals surface area contributed by atoms with E-state index in [-0.39, 0.29) is 12.8 Å². The number of likely N-dealkylation sites (tertiary alicyclic amines) is 1. The number of halogens is 2. The third-order valence-corrected chi connectivity index (χ3v) is 7.51. The molecule has 1 saturated heterocycles. The molecule has 182 valence electrons. The van der Waals surface area contributed by atoms with E-state index < -0.39 is 0 Å². The van der Waals surface area contributed by atoms with Gasteiger partial charge in [-0.1, -0.05) is 60.1 Å². The van der Waals surface area contributed by atoms with E-state index in [0.717, 1.165) is 61.7 Å². The zero-order valence-corrected chi connectivity index (χ0v) is 21.2. The van der Waals surface area contributed by atoms with Crippen molar-refractivity contribution in [2.45, 2.75) is 45.1 Å². The highest BCUT2D eigenvalue weighted by atomic mass is 35.5. The summed E-state index contributed by atoms with van der Waals surface area (Å²) >= 11 is 6.78. The van der Waals surface area contributed by atoms with E-state index in [0.29, 0.717) is 6.42 Å². The number of hydrogen-bond donors (Lipinski definition) is 0. The molecule has 0 bridgehead atoms. The molecule has 0 unspecified atom stereocenters. The number of aryl methyl sites for hydroxylation is 2. The minimum absolute atomic E-state index is 0.167. The van der Waals surface area contributed by atoms with Crippen LogP contribution in [0.1, 0.15) is 53.5 Å². The van der Waals surface area contributed by atoms with Crippen molar-refractivity contribution in [2.24, 2.45) is 0 Å². The van der Waals surface area contributed by atoms with Gasteiger partial charge in [-0.3, -0.25) is 9.29 Å². The van der Waals surface area contributed by atoms with E-state index in [9.17, 15) is 4.39 Å². The fourth-order valence-electron chi connectivity index (χ4n) is 5.46. The lowest BCUT2D eigenvalue weighted by Gasteiger charge is -2.19. The van der Waals surface area contributed by atoms with Gasteiger partial charge in [0.1, 0.15) is 11.9 Å². The summed E-state index contributed by atoms with van der Waals surface area (Å²) in [6, 6.07) is 23.7. The summed E-state index contributed by atoms with van der Waals surface area (Å²) in [5, 5.41) is 0.815. The molecule has 1 aliphatic heterocycles.